The van der Waals surface area contributed by atoms with Crippen molar-refractivity contribution in [3.05, 3.63) is 65.0 Å². The molecule has 3 atom stereocenters. The highest BCUT2D eigenvalue weighted by molar-refractivity contribution is 5.68. The molecule has 2 aromatic heterocycles. The molecule has 1 aliphatic carbocycles. The number of rotatable bonds is 11. The van der Waals surface area contributed by atoms with Crippen molar-refractivity contribution >= 4 is 12.2 Å². The van der Waals surface area contributed by atoms with Gasteiger partial charge in [-0.05, 0) is 50.7 Å². The minimum Gasteiger partial charge on any atom is -0.373 e. The Labute approximate surface area is 235 Å². The van der Waals surface area contributed by atoms with Crippen molar-refractivity contribution in [3.8, 4) is 11.3 Å². The number of amides is 1. The lowest BCUT2D eigenvalue weighted by molar-refractivity contribution is -0.137. The van der Waals surface area contributed by atoms with E-state index >= 15 is 0 Å². The lowest BCUT2D eigenvalue weighted by Crippen LogP contribution is -2.46. The highest BCUT2D eigenvalue weighted by atomic mass is 19.4. The van der Waals surface area contributed by atoms with Gasteiger partial charge in [-0.3, -0.25) is 4.79 Å². The largest absolute Gasteiger partial charge is 0.417 e. The van der Waals surface area contributed by atoms with Crippen molar-refractivity contribution in [1.29, 1.82) is 0 Å². The van der Waals surface area contributed by atoms with Gasteiger partial charge in [0.05, 0.1) is 25.4 Å². The third kappa shape index (κ3) is 5.68. The normalized spacial score (nSPS) is 23.0. The van der Waals surface area contributed by atoms with Crippen LogP contribution in [0.15, 0.2) is 47.1 Å². The summed E-state index contributed by atoms with van der Waals surface area (Å²) in [6.45, 7) is 0.158. The van der Waals surface area contributed by atoms with Gasteiger partial charge in [0.1, 0.15) is 23.4 Å². The van der Waals surface area contributed by atoms with Crippen molar-refractivity contribution in [2.45, 2.75) is 81.6 Å². The van der Waals surface area contributed by atoms with Crippen LogP contribution in [0.3, 0.4) is 0 Å². The fraction of sp³-hybridized carbons (Fsp3) is 0.483. The molecule has 1 saturated carbocycles. The summed E-state index contributed by atoms with van der Waals surface area (Å²) in [7, 11) is 1.48. The Hall–Kier alpha value is -3.48. The number of pyridine rings is 1. The highest BCUT2D eigenvalue weighted by Crippen LogP contribution is 2.46. The predicted octanol–water partition coefficient (Wildman–Crippen LogP) is 5.25. The zero-order valence-corrected chi connectivity index (χ0v) is 22.6. The summed E-state index contributed by atoms with van der Waals surface area (Å²) in [5, 5.41) is 6.76. The highest BCUT2D eigenvalue weighted by Gasteiger charge is 2.43. The van der Waals surface area contributed by atoms with Crippen molar-refractivity contribution in [3.63, 3.8) is 0 Å². The molecule has 0 radical (unpaired) electrons. The van der Waals surface area contributed by atoms with Gasteiger partial charge in [0.2, 0.25) is 6.41 Å². The molecule has 2 N–H and O–H groups in total. The molecule has 2 saturated heterocycles. The molecule has 0 spiro atoms. The molecule has 12 heteroatoms. The van der Waals surface area contributed by atoms with Gasteiger partial charge in [0, 0.05) is 40.9 Å². The van der Waals surface area contributed by atoms with Gasteiger partial charge >= 0.3 is 6.18 Å². The maximum atomic E-state index is 13.8. The number of piperidine rings is 1. The predicted molar refractivity (Wildman–Crippen MR) is 142 cm³/mol. The zero-order valence-electron chi connectivity index (χ0n) is 22.6. The number of anilines is 1. The molecule has 2 aliphatic heterocycles. The van der Waals surface area contributed by atoms with E-state index in [1.807, 2.05) is 12.1 Å². The number of benzene rings is 1. The van der Waals surface area contributed by atoms with Crippen LogP contribution in [0.2, 0.25) is 0 Å². The van der Waals surface area contributed by atoms with E-state index in [0.717, 1.165) is 56.0 Å². The summed E-state index contributed by atoms with van der Waals surface area (Å²) >= 11 is 0. The topological polar surface area (TPSA) is 102 Å². The Morgan fingerprint density at radius 2 is 1.88 bits per heavy atom. The molecule has 9 nitrogen and oxygen atoms in total. The Kier molecular flexibility index (Phi) is 7.71. The van der Waals surface area contributed by atoms with Crippen LogP contribution in [0.5, 0.6) is 0 Å². The summed E-state index contributed by atoms with van der Waals surface area (Å²) in [4.78, 5) is 22.9. The van der Waals surface area contributed by atoms with Crippen molar-refractivity contribution in [2.24, 2.45) is 0 Å². The third-order valence-electron chi connectivity index (χ3n) is 8.25. The number of hydrogen-bond donors (Lipinski definition) is 2. The number of nitrogens with zero attached hydrogens (tertiary/aromatic N) is 3. The van der Waals surface area contributed by atoms with Crippen molar-refractivity contribution < 1.29 is 32.1 Å². The van der Waals surface area contributed by atoms with Crippen LogP contribution in [0.4, 0.5) is 19.0 Å². The molecule has 1 aromatic carbocycles. The monoisotopic (exact) mass is 571 g/mol. The standard InChI is InChI=1S/C29H32F3N5O4/c1-39-36-28(34-16-38)18-8-11-25(33-14-18)37-19-9-10-20(37)13-21(12-19)40-15-23-26(35-41-27(23)17-6-7-17)22-4-2-3-5-24(22)29(30,31)32/h2-5,8,11,14,16-17,19-21,28,36H,6-7,9-10,12-13,15H2,1H3,(H,34,38). The van der Waals surface area contributed by atoms with E-state index in [0.29, 0.717) is 17.7 Å². The van der Waals surface area contributed by atoms with Gasteiger partial charge in [-0.25, -0.2) is 4.98 Å². The number of nitrogens with one attached hydrogen (secondary N) is 2. The molecule has 218 valence electrons. The van der Waals surface area contributed by atoms with E-state index in [1.165, 1.54) is 19.2 Å². The minimum atomic E-state index is -4.50. The molecule has 3 unspecified atom stereocenters. The average Bonchev–Trinajstić information content (AvgIpc) is 3.67. The number of aromatic nitrogens is 2. The van der Waals surface area contributed by atoms with E-state index in [2.05, 4.69) is 25.8 Å². The van der Waals surface area contributed by atoms with E-state index in [9.17, 15) is 18.0 Å². The van der Waals surface area contributed by atoms with Crippen molar-refractivity contribution in [1.82, 2.24) is 20.9 Å². The van der Waals surface area contributed by atoms with E-state index in [4.69, 9.17) is 14.1 Å². The first-order valence-electron chi connectivity index (χ1n) is 13.9. The Balaban J connectivity index is 1.16. The van der Waals surface area contributed by atoms with Gasteiger partial charge in [0.25, 0.3) is 0 Å². The van der Waals surface area contributed by atoms with Gasteiger partial charge in [-0.15, -0.1) is 0 Å². The van der Waals surface area contributed by atoms with Crippen LogP contribution < -0.4 is 15.7 Å². The molecular formula is C29H32F3N5O4. The molecule has 3 fully saturated rings. The first-order chi connectivity index (χ1) is 19.9. The Bertz CT molecular complexity index is 1350. The third-order valence-corrected chi connectivity index (χ3v) is 8.25. The number of fused-ring (bicyclic) bond motifs is 2. The van der Waals surface area contributed by atoms with Gasteiger partial charge in [0.15, 0.2) is 0 Å². The van der Waals surface area contributed by atoms with Gasteiger partial charge in [-0.1, -0.05) is 29.4 Å². The zero-order chi connectivity index (χ0) is 28.6. The molecule has 3 aliphatic rings. The summed E-state index contributed by atoms with van der Waals surface area (Å²) in [5.74, 6) is 1.69. The lowest BCUT2D eigenvalue weighted by atomic mass is 9.98. The van der Waals surface area contributed by atoms with E-state index in [-0.39, 0.29) is 42.0 Å². The molecule has 6 rings (SSSR count). The second kappa shape index (κ2) is 11.4. The lowest BCUT2D eigenvalue weighted by Gasteiger charge is -2.39. The fourth-order valence-electron chi connectivity index (χ4n) is 6.22. The van der Waals surface area contributed by atoms with Crippen LogP contribution in [-0.4, -0.2) is 41.8 Å². The van der Waals surface area contributed by atoms with Gasteiger partial charge < -0.3 is 24.3 Å². The quantitative estimate of drug-likeness (QED) is 0.183. The first kappa shape index (κ1) is 27.7. The molecular weight excluding hydrogens is 539 g/mol. The molecule has 1 amide bonds. The summed E-state index contributed by atoms with van der Waals surface area (Å²) in [6, 6.07) is 9.83. The number of hydroxylamine groups is 1. The van der Waals surface area contributed by atoms with Crippen LogP contribution in [0.1, 0.15) is 73.1 Å². The van der Waals surface area contributed by atoms with E-state index in [1.54, 1.807) is 12.3 Å². The second-order valence-electron chi connectivity index (χ2n) is 10.9. The molecule has 4 heterocycles. The summed E-state index contributed by atoms with van der Waals surface area (Å²) < 4.78 is 53.4. The smallest absolute Gasteiger partial charge is 0.373 e. The number of hydrogen-bond acceptors (Lipinski definition) is 8. The van der Waals surface area contributed by atoms with Crippen LogP contribution >= 0.6 is 0 Å². The number of halogens is 3. The summed E-state index contributed by atoms with van der Waals surface area (Å²) in [6.07, 6.45) is 2.74. The summed E-state index contributed by atoms with van der Waals surface area (Å²) in [5.41, 5.74) is 3.61. The number of carbonyl (C=O) groups is 1. The van der Waals surface area contributed by atoms with Crippen LogP contribution in [0, 0.1) is 0 Å². The first-order valence-corrected chi connectivity index (χ1v) is 13.9. The van der Waals surface area contributed by atoms with Gasteiger partial charge in [-0.2, -0.15) is 18.7 Å². The second-order valence-corrected chi connectivity index (χ2v) is 10.9. The number of ether oxygens (including phenoxy) is 1. The number of carbonyl (C=O) groups excluding carboxylic acids is 1. The Morgan fingerprint density at radius 1 is 1.12 bits per heavy atom. The SMILES string of the molecule is CONC(NC=O)c1ccc(N2C3CCC2CC(OCc2c(-c4ccccc4C(F)(F)F)noc2C2CC2)C3)nc1. The van der Waals surface area contributed by atoms with Crippen LogP contribution in [0.25, 0.3) is 11.3 Å². The minimum absolute atomic E-state index is 0.0185. The number of alkyl halides is 3. The average molecular weight is 572 g/mol. The van der Waals surface area contributed by atoms with E-state index < -0.39 is 17.9 Å². The van der Waals surface area contributed by atoms with Crippen LogP contribution in [-0.2, 0) is 27.2 Å². The maximum Gasteiger partial charge on any atom is 0.417 e. The van der Waals surface area contributed by atoms with Crippen molar-refractivity contribution in [2.75, 3.05) is 12.0 Å². The molecule has 41 heavy (non-hydrogen) atoms. The molecule has 3 aromatic rings. The Morgan fingerprint density at radius 3 is 2.51 bits per heavy atom. The fourth-order valence-corrected chi connectivity index (χ4v) is 6.22. The molecule has 2 bridgehead atoms. The maximum absolute atomic E-state index is 13.8.